The molecule has 1 aliphatic carbocycles. The summed E-state index contributed by atoms with van der Waals surface area (Å²) in [6.07, 6.45) is 0.0922. The maximum Gasteiger partial charge on any atom is 0.203 e. The molecule has 0 aliphatic heterocycles. The van der Waals surface area contributed by atoms with Gasteiger partial charge in [-0.1, -0.05) is 0 Å². The third-order valence-electron chi connectivity index (χ3n) is 3.86. The first-order chi connectivity index (χ1) is 12.1. The van der Waals surface area contributed by atoms with Crippen molar-refractivity contribution in [2.45, 2.75) is 6.42 Å². The Labute approximate surface area is 144 Å². The van der Waals surface area contributed by atoms with Crippen molar-refractivity contribution in [3.63, 3.8) is 0 Å². The second-order valence-electron chi connectivity index (χ2n) is 4.90. The molecule has 0 N–H and O–H groups in total. The smallest absolute Gasteiger partial charge is 0.203 e. The van der Waals surface area contributed by atoms with Crippen LogP contribution in [0.25, 0.3) is 11.1 Å². The van der Waals surface area contributed by atoms with E-state index in [0.717, 1.165) is 0 Å². The zero-order valence-corrected chi connectivity index (χ0v) is 13.8. The highest BCUT2D eigenvalue weighted by Crippen LogP contribution is 2.54. The van der Waals surface area contributed by atoms with E-state index >= 15 is 0 Å². The van der Waals surface area contributed by atoms with Crippen LogP contribution in [0, 0.1) is 45.3 Å². The van der Waals surface area contributed by atoms with Crippen LogP contribution in [0.2, 0.25) is 0 Å². The number of allylic oxidation sites excluding steroid dienone is 4. The van der Waals surface area contributed by atoms with Crippen LogP contribution in [-0.4, -0.2) is 21.3 Å². The standard InChI is InChI=1S/C18H12N4O3/c1-23-15-5-14-12(10(6-19)7-20)4-13(11(8-21)9-22)16(14)18(25-3)17(15)24-2/h5H,4H2,1-3H3. The molecule has 0 heterocycles. The van der Waals surface area contributed by atoms with Crippen LogP contribution >= 0.6 is 0 Å². The lowest BCUT2D eigenvalue weighted by Gasteiger charge is -2.16. The molecular formula is C18H12N4O3. The summed E-state index contributed by atoms with van der Waals surface area (Å²) >= 11 is 0. The molecule has 0 amide bonds. The van der Waals surface area contributed by atoms with Gasteiger partial charge in [0.05, 0.1) is 21.3 Å². The van der Waals surface area contributed by atoms with Crippen LogP contribution in [0.3, 0.4) is 0 Å². The molecule has 0 unspecified atom stereocenters. The van der Waals surface area contributed by atoms with Crippen molar-refractivity contribution >= 4 is 11.1 Å². The highest BCUT2D eigenvalue weighted by molar-refractivity contribution is 6.01. The molecule has 7 heteroatoms. The number of nitriles is 4. The molecule has 0 spiro atoms. The first-order valence-electron chi connectivity index (χ1n) is 7.02. The first-order valence-corrected chi connectivity index (χ1v) is 7.02. The fraction of sp³-hybridized carbons (Fsp3) is 0.222. The normalized spacial score (nSPS) is 11.3. The lowest BCUT2D eigenvalue weighted by Crippen LogP contribution is -1.99. The van der Waals surface area contributed by atoms with Gasteiger partial charge in [0.1, 0.15) is 35.4 Å². The van der Waals surface area contributed by atoms with E-state index in [9.17, 15) is 21.0 Å². The molecular weight excluding hydrogens is 320 g/mol. The molecule has 0 aromatic heterocycles. The minimum Gasteiger partial charge on any atom is -0.493 e. The Morgan fingerprint density at radius 1 is 0.800 bits per heavy atom. The van der Waals surface area contributed by atoms with Crippen molar-refractivity contribution in [3.8, 4) is 41.5 Å². The minimum atomic E-state index is -0.114. The molecule has 2 rings (SSSR count). The SMILES string of the molecule is COc1cc2c(c(OC)c1OC)C(=C(C#N)C#N)CC2=C(C#N)C#N. The fourth-order valence-electron chi connectivity index (χ4n) is 2.81. The molecule has 0 saturated carbocycles. The summed E-state index contributed by atoms with van der Waals surface area (Å²) in [6, 6.07) is 9.01. The third-order valence-corrected chi connectivity index (χ3v) is 3.86. The van der Waals surface area contributed by atoms with Crippen molar-refractivity contribution in [2.75, 3.05) is 21.3 Å². The summed E-state index contributed by atoms with van der Waals surface area (Å²) < 4.78 is 16.1. The van der Waals surface area contributed by atoms with Gasteiger partial charge in [-0.3, -0.25) is 0 Å². The largest absolute Gasteiger partial charge is 0.493 e. The van der Waals surface area contributed by atoms with Gasteiger partial charge in [0.15, 0.2) is 11.5 Å². The second kappa shape index (κ2) is 7.09. The Balaban J connectivity index is 3.07. The van der Waals surface area contributed by atoms with E-state index < -0.39 is 0 Å². The quantitative estimate of drug-likeness (QED) is 0.779. The predicted octanol–water partition coefficient (Wildman–Crippen LogP) is 2.72. The lowest BCUT2D eigenvalue weighted by atomic mass is 10.00. The van der Waals surface area contributed by atoms with E-state index in [2.05, 4.69) is 0 Å². The number of rotatable bonds is 3. The van der Waals surface area contributed by atoms with Gasteiger partial charge >= 0.3 is 0 Å². The molecule has 0 bridgehead atoms. The van der Waals surface area contributed by atoms with Crippen molar-refractivity contribution in [1.29, 1.82) is 21.0 Å². The zero-order valence-electron chi connectivity index (χ0n) is 13.8. The van der Waals surface area contributed by atoms with Crippen LogP contribution in [0.5, 0.6) is 17.2 Å². The van der Waals surface area contributed by atoms with Crippen LogP contribution in [0.4, 0.5) is 0 Å². The van der Waals surface area contributed by atoms with E-state index in [1.54, 1.807) is 6.07 Å². The summed E-state index contributed by atoms with van der Waals surface area (Å²) in [5, 5.41) is 37.0. The van der Waals surface area contributed by atoms with Gasteiger partial charge in [0.25, 0.3) is 0 Å². The van der Waals surface area contributed by atoms with Gasteiger partial charge in [-0.2, -0.15) is 21.0 Å². The topological polar surface area (TPSA) is 123 Å². The van der Waals surface area contributed by atoms with Crippen molar-refractivity contribution < 1.29 is 14.2 Å². The summed E-state index contributed by atoms with van der Waals surface area (Å²) in [6.45, 7) is 0. The number of ether oxygens (including phenoxy) is 3. The van der Waals surface area contributed by atoms with Crippen molar-refractivity contribution in [3.05, 3.63) is 28.3 Å². The average molecular weight is 332 g/mol. The van der Waals surface area contributed by atoms with Gasteiger partial charge < -0.3 is 14.2 Å². The molecule has 1 aromatic carbocycles. The monoisotopic (exact) mass is 332 g/mol. The molecule has 122 valence electrons. The first kappa shape index (κ1) is 17.4. The molecule has 0 radical (unpaired) electrons. The Bertz CT molecular complexity index is 944. The number of hydrogen-bond donors (Lipinski definition) is 0. The van der Waals surface area contributed by atoms with Gasteiger partial charge in [-0.05, 0) is 22.8 Å². The Morgan fingerprint density at radius 2 is 1.32 bits per heavy atom. The molecule has 0 fully saturated rings. The second-order valence-corrected chi connectivity index (χ2v) is 4.90. The van der Waals surface area contributed by atoms with Crippen LogP contribution in [0.15, 0.2) is 17.2 Å². The summed E-state index contributed by atoms with van der Waals surface area (Å²) in [7, 11) is 4.31. The van der Waals surface area contributed by atoms with Gasteiger partial charge in [0.2, 0.25) is 5.75 Å². The number of benzene rings is 1. The van der Waals surface area contributed by atoms with E-state index in [4.69, 9.17) is 14.2 Å². The maximum atomic E-state index is 9.27. The van der Waals surface area contributed by atoms with Crippen LogP contribution in [0.1, 0.15) is 17.5 Å². The lowest BCUT2D eigenvalue weighted by molar-refractivity contribution is 0.324. The molecule has 0 saturated heterocycles. The molecule has 1 aromatic rings. The highest BCUT2D eigenvalue weighted by Gasteiger charge is 2.34. The van der Waals surface area contributed by atoms with Crippen LogP contribution in [-0.2, 0) is 0 Å². The number of fused-ring (bicyclic) bond motifs is 1. The summed E-state index contributed by atoms with van der Waals surface area (Å²) in [5.41, 5.74) is 1.55. The zero-order chi connectivity index (χ0) is 18.6. The number of hydrogen-bond acceptors (Lipinski definition) is 7. The predicted molar refractivity (Wildman–Crippen MR) is 87.0 cm³/mol. The highest BCUT2D eigenvalue weighted by atomic mass is 16.5. The maximum absolute atomic E-state index is 9.27. The van der Waals surface area contributed by atoms with E-state index in [1.807, 2.05) is 24.3 Å². The minimum absolute atomic E-state index is 0.0922. The Kier molecular flexibility index (Phi) is 4.94. The molecule has 7 nitrogen and oxygen atoms in total. The Hall–Kier alpha value is -3.94. The van der Waals surface area contributed by atoms with E-state index in [1.165, 1.54) is 21.3 Å². The number of methoxy groups -OCH3 is 3. The summed E-state index contributed by atoms with van der Waals surface area (Å²) in [4.78, 5) is 0. The van der Waals surface area contributed by atoms with E-state index in [-0.39, 0.29) is 23.3 Å². The van der Waals surface area contributed by atoms with E-state index in [0.29, 0.717) is 33.8 Å². The van der Waals surface area contributed by atoms with Gasteiger partial charge in [-0.15, -0.1) is 0 Å². The molecule has 0 atom stereocenters. The Morgan fingerprint density at radius 3 is 1.76 bits per heavy atom. The van der Waals surface area contributed by atoms with Crippen LogP contribution < -0.4 is 14.2 Å². The van der Waals surface area contributed by atoms with Crippen molar-refractivity contribution in [2.24, 2.45) is 0 Å². The summed E-state index contributed by atoms with van der Waals surface area (Å²) in [5.74, 6) is 0.927. The van der Waals surface area contributed by atoms with Crippen molar-refractivity contribution in [1.82, 2.24) is 0 Å². The fourth-order valence-corrected chi connectivity index (χ4v) is 2.81. The number of nitrogens with zero attached hydrogens (tertiary/aromatic N) is 4. The average Bonchev–Trinajstić information content (AvgIpc) is 3.01. The molecule has 25 heavy (non-hydrogen) atoms. The van der Waals surface area contributed by atoms with Gasteiger partial charge in [-0.25, -0.2) is 0 Å². The third kappa shape index (κ3) is 2.61. The van der Waals surface area contributed by atoms with Gasteiger partial charge in [0, 0.05) is 12.0 Å². The molecule has 1 aliphatic rings.